The summed E-state index contributed by atoms with van der Waals surface area (Å²) in [5.74, 6) is -1.35. The Hall–Kier alpha value is -2.98. The largest absolute Gasteiger partial charge is 0.475 e. The molecular formula is C23H16ClF2NO. The van der Waals surface area contributed by atoms with Crippen molar-refractivity contribution in [3.63, 3.8) is 0 Å². The van der Waals surface area contributed by atoms with Crippen molar-refractivity contribution >= 4 is 23.6 Å². The summed E-state index contributed by atoms with van der Waals surface area (Å²) in [7, 11) is 0. The first-order chi connectivity index (χ1) is 13.7. The molecule has 0 saturated heterocycles. The van der Waals surface area contributed by atoms with E-state index in [2.05, 4.69) is 4.99 Å². The summed E-state index contributed by atoms with van der Waals surface area (Å²) in [6, 6.07) is 19.4. The molecule has 0 aliphatic carbocycles. The highest BCUT2D eigenvalue weighted by Gasteiger charge is 2.26. The van der Waals surface area contributed by atoms with E-state index in [0.29, 0.717) is 0 Å². The molecule has 0 bridgehead atoms. The second-order valence-corrected chi connectivity index (χ2v) is 6.65. The van der Waals surface area contributed by atoms with Gasteiger partial charge >= 0.3 is 0 Å². The highest BCUT2D eigenvalue weighted by atomic mass is 35.5. The lowest BCUT2D eigenvalue weighted by atomic mass is 10.0. The SMILES string of the molecule is Fc1cccc(F)c1C1=NC(c2ccc(-c3ccc(C=CCl)cc3)cc2)CO1. The Labute approximate surface area is 166 Å². The van der Waals surface area contributed by atoms with E-state index in [9.17, 15) is 8.78 Å². The molecule has 140 valence electrons. The molecule has 1 aliphatic rings. The highest BCUT2D eigenvalue weighted by Crippen LogP contribution is 2.29. The predicted octanol–water partition coefficient (Wildman–Crippen LogP) is 6.36. The van der Waals surface area contributed by atoms with Gasteiger partial charge in [-0.3, -0.25) is 0 Å². The summed E-state index contributed by atoms with van der Waals surface area (Å²) in [4.78, 5) is 4.38. The summed E-state index contributed by atoms with van der Waals surface area (Å²) in [6.07, 6.45) is 1.82. The van der Waals surface area contributed by atoms with Gasteiger partial charge in [0.05, 0.1) is 0 Å². The molecule has 5 heteroatoms. The van der Waals surface area contributed by atoms with Crippen molar-refractivity contribution in [3.05, 3.63) is 101 Å². The van der Waals surface area contributed by atoms with Crippen LogP contribution in [0.4, 0.5) is 8.78 Å². The lowest BCUT2D eigenvalue weighted by Crippen LogP contribution is -2.07. The van der Waals surface area contributed by atoms with Crippen molar-refractivity contribution in [3.8, 4) is 11.1 Å². The monoisotopic (exact) mass is 395 g/mol. The Balaban J connectivity index is 1.55. The maximum atomic E-state index is 13.9. The van der Waals surface area contributed by atoms with Gasteiger partial charge in [0.1, 0.15) is 29.8 Å². The fraction of sp³-hybridized carbons (Fsp3) is 0.0870. The summed E-state index contributed by atoms with van der Waals surface area (Å²) in [5.41, 5.74) is 5.37. The van der Waals surface area contributed by atoms with E-state index in [1.54, 1.807) is 0 Å². The minimum absolute atomic E-state index is 0.00705. The van der Waals surface area contributed by atoms with Gasteiger partial charge in [0.2, 0.25) is 5.90 Å². The van der Waals surface area contributed by atoms with Crippen LogP contribution in [0.1, 0.15) is 22.7 Å². The van der Waals surface area contributed by atoms with Gasteiger partial charge in [-0.2, -0.15) is 0 Å². The molecule has 0 saturated carbocycles. The molecule has 0 radical (unpaired) electrons. The Morgan fingerprint density at radius 1 is 0.893 bits per heavy atom. The number of aliphatic imine (C=N–C) groups is 1. The predicted molar refractivity (Wildman–Crippen MR) is 108 cm³/mol. The quantitative estimate of drug-likeness (QED) is 0.503. The zero-order chi connectivity index (χ0) is 19.5. The number of rotatable bonds is 4. The van der Waals surface area contributed by atoms with Gasteiger partial charge < -0.3 is 4.74 Å². The molecule has 1 atom stereocenters. The van der Waals surface area contributed by atoms with Crippen LogP contribution < -0.4 is 0 Å². The summed E-state index contributed by atoms with van der Waals surface area (Å²) in [5, 5.41) is 0. The van der Waals surface area contributed by atoms with Crippen molar-refractivity contribution in [2.45, 2.75) is 6.04 Å². The average molecular weight is 396 g/mol. The molecule has 0 N–H and O–H groups in total. The first-order valence-corrected chi connectivity index (χ1v) is 9.21. The van der Waals surface area contributed by atoms with Crippen LogP contribution in [0.2, 0.25) is 0 Å². The molecule has 0 spiro atoms. The molecule has 0 aromatic heterocycles. The number of halogens is 3. The minimum Gasteiger partial charge on any atom is -0.475 e. The molecule has 3 aromatic rings. The maximum Gasteiger partial charge on any atom is 0.222 e. The number of benzene rings is 3. The van der Waals surface area contributed by atoms with Gasteiger partial charge in [-0.15, -0.1) is 0 Å². The molecule has 0 fully saturated rings. The van der Waals surface area contributed by atoms with Crippen LogP contribution >= 0.6 is 11.6 Å². The van der Waals surface area contributed by atoms with E-state index in [4.69, 9.17) is 16.3 Å². The Kier molecular flexibility index (Phi) is 5.22. The fourth-order valence-electron chi connectivity index (χ4n) is 3.14. The lowest BCUT2D eigenvalue weighted by molar-refractivity contribution is 0.317. The second-order valence-electron chi connectivity index (χ2n) is 6.39. The third-order valence-electron chi connectivity index (χ3n) is 4.62. The van der Waals surface area contributed by atoms with E-state index in [-0.39, 0.29) is 24.1 Å². The molecule has 1 heterocycles. The molecule has 1 unspecified atom stereocenters. The maximum absolute atomic E-state index is 13.9. The van der Waals surface area contributed by atoms with E-state index in [1.165, 1.54) is 23.7 Å². The van der Waals surface area contributed by atoms with Gasteiger partial charge in [0, 0.05) is 5.54 Å². The third kappa shape index (κ3) is 3.69. The first kappa shape index (κ1) is 18.4. The second kappa shape index (κ2) is 7.95. The summed E-state index contributed by atoms with van der Waals surface area (Å²) < 4.78 is 33.3. The topological polar surface area (TPSA) is 21.6 Å². The summed E-state index contributed by atoms with van der Waals surface area (Å²) in [6.45, 7) is 0.252. The molecule has 28 heavy (non-hydrogen) atoms. The van der Waals surface area contributed by atoms with E-state index in [0.717, 1.165) is 22.3 Å². The van der Waals surface area contributed by atoms with E-state index < -0.39 is 11.6 Å². The van der Waals surface area contributed by atoms with Crippen LogP contribution in [0.15, 0.2) is 77.3 Å². The zero-order valence-electron chi connectivity index (χ0n) is 14.8. The molecular weight excluding hydrogens is 380 g/mol. The number of nitrogens with zero attached hydrogens (tertiary/aromatic N) is 1. The Morgan fingerprint density at radius 3 is 2.11 bits per heavy atom. The van der Waals surface area contributed by atoms with Crippen LogP contribution in [0.5, 0.6) is 0 Å². The first-order valence-electron chi connectivity index (χ1n) is 8.78. The lowest BCUT2D eigenvalue weighted by Gasteiger charge is -2.07. The zero-order valence-corrected chi connectivity index (χ0v) is 15.5. The van der Waals surface area contributed by atoms with Gasteiger partial charge in [-0.05, 0) is 40.5 Å². The third-order valence-corrected chi connectivity index (χ3v) is 4.75. The molecule has 0 amide bonds. The highest BCUT2D eigenvalue weighted by molar-refractivity contribution is 6.27. The average Bonchev–Trinajstić information content (AvgIpc) is 3.19. The van der Waals surface area contributed by atoms with Crippen molar-refractivity contribution < 1.29 is 13.5 Å². The number of ether oxygens (including phenoxy) is 1. The fourth-order valence-corrected chi connectivity index (χ4v) is 3.29. The van der Waals surface area contributed by atoms with Gasteiger partial charge in [-0.1, -0.05) is 66.2 Å². The van der Waals surface area contributed by atoms with Crippen LogP contribution in [-0.4, -0.2) is 12.5 Å². The normalized spacial score (nSPS) is 16.2. The molecule has 3 aromatic carbocycles. The Morgan fingerprint density at radius 2 is 1.50 bits per heavy atom. The van der Waals surface area contributed by atoms with Crippen molar-refractivity contribution in [1.29, 1.82) is 0 Å². The van der Waals surface area contributed by atoms with Gasteiger partial charge in [0.15, 0.2) is 0 Å². The molecule has 1 aliphatic heterocycles. The van der Waals surface area contributed by atoms with Crippen LogP contribution in [0, 0.1) is 11.6 Å². The van der Waals surface area contributed by atoms with Crippen LogP contribution in [0.3, 0.4) is 0 Å². The Bertz CT molecular complexity index is 1020. The molecule has 2 nitrogen and oxygen atoms in total. The van der Waals surface area contributed by atoms with E-state index in [1.807, 2.05) is 54.6 Å². The number of hydrogen-bond acceptors (Lipinski definition) is 2. The number of hydrogen-bond donors (Lipinski definition) is 0. The van der Waals surface area contributed by atoms with E-state index >= 15 is 0 Å². The van der Waals surface area contributed by atoms with Gasteiger partial charge in [0.25, 0.3) is 0 Å². The van der Waals surface area contributed by atoms with Crippen LogP contribution in [0.25, 0.3) is 17.2 Å². The van der Waals surface area contributed by atoms with Gasteiger partial charge in [-0.25, -0.2) is 13.8 Å². The smallest absolute Gasteiger partial charge is 0.222 e. The van der Waals surface area contributed by atoms with Crippen LogP contribution in [-0.2, 0) is 4.74 Å². The molecule has 4 rings (SSSR count). The van der Waals surface area contributed by atoms with Crippen molar-refractivity contribution in [2.75, 3.05) is 6.61 Å². The standard InChI is InChI=1S/C23H16ClF2NO/c24-13-12-15-4-6-16(7-5-15)17-8-10-18(11-9-17)21-14-28-23(27-21)22-19(25)2-1-3-20(22)26/h1-13,21H,14H2. The van der Waals surface area contributed by atoms with Crippen molar-refractivity contribution in [1.82, 2.24) is 0 Å². The minimum atomic E-state index is -0.679. The summed E-state index contributed by atoms with van der Waals surface area (Å²) >= 11 is 5.60. The van der Waals surface area contributed by atoms with Crippen molar-refractivity contribution in [2.24, 2.45) is 4.99 Å².